The molecule has 0 fully saturated rings. The zero-order valence-corrected chi connectivity index (χ0v) is 14.3. The van der Waals surface area contributed by atoms with Gasteiger partial charge < -0.3 is 5.11 Å². The molecule has 7 nitrogen and oxygen atoms in total. The molecule has 27 heavy (non-hydrogen) atoms. The van der Waals surface area contributed by atoms with Crippen LogP contribution in [0.4, 0.5) is 18.2 Å². The summed E-state index contributed by atoms with van der Waals surface area (Å²) in [6.07, 6.45) is -5.03. The minimum Gasteiger partial charge on any atom is -0.391 e. The summed E-state index contributed by atoms with van der Waals surface area (Å²) in [7, 11) is 0. The van der Waals surface area contributed by atoms with E-state index < -0.39 is 28.3 Å². The maximum Gasteiger partial charge on any atom is 0.416 e. The first-order chi connectivity index (χ1) is 12.7. The van der Waals surface area contributed by atoms with E-state index in [2.05, 4.69) is 4.98 Å². The number of thiophene rings is 1. The van der Waals surface area contributed by atoms with Crippen LogP contribution in [-0.4, -0.2) is 25.7 Å². The third kappa shape index (κ3) is 3.98. The summed E-state index contributed by atoms with van der Waals surface area (Å²) in [5, 5.41) is 20.8. The van der Waals surface area contributed by atoms with Crippen LogP contribution in [0, 0.1) is 10.1 Å². The number of hydrogen-bond donors (Lipinski definition) is 1. The Morgan fingerprint density at radius 1 is 1.33 bits per heavy atom. The summed E-state index contributed by atoms with van der Waals surface area (Å²) in [5.74, 6) is 0. The largest absolute Gasteiger partial charge is 0.416 e. The molecule has 1 aromatic carbocycles. The summed E-state index contributed by atoms with van der Waals surface area (Å²) in [6, 6.07) is 5.97. The third-order valence-electron chi connectivity index (χ3n) is 3.87. The molecule has 2 aromatic heterocycles. The lowest BCUT2D eigenvalue weighted by Gasteiger charge is -2.16. The highest BCUT2D eigenvalue weighted by Crippen LogP contribution is 2.32. The number of halogens is 3. The van der Waals surface area contributed by atoms with E-state index in [-0.39, 0.29) is 33.7 Å². The van der Waals surface area contributed by atoms with Crippen molar-refractivity contribution in [3.63, 3.8) is 0 Å². The summed E-state index contributed by atoms with van der Waals surface area (Å²) >= 11 is 0.743. The lowest BCUT2D eigenvalue weighted by atomic mass is 10.0. The first-order valence-corrected chi connectivity index (χ1v) is 8.45. The molecule has 3 rings (SSSR count). The lowest BCUT2D eigenvalue weighted by Crippen LogP contribution is -2.28. The quantitative estimate of drug-likeness (QED) is 0.525. The van der Waals surface area contributed by atoms with Crippen LogP contribution in [0.2, 0.25) is 0 Å². The van der Waals surface area contributed by atoms with Crippen LogP contribution in [-0.2, 0) is 19.1 Å². The van der Waals surface area contributed by atoms with Crippen molar-refractivity contribution in [1.82, 2.24) is 9.55 Å². The van der Waals surface area contributed by atoms with Crippen molar-refractivity contribution in [3.05, 3.63) is 68.3 Å². The number of hydrogen-bond acceptors (Lipinski definition) is 6. The van der Waals surface area contributed by atoms with Gasteiger partial charge in [0.2, 0.25) is 0 Å². The number of aliphatic hydroxyl groups excluding tert-OH is 1. The van der Waals surface area contributed by atoms with E-state index in [1.165, 1.54) is 18.2 Å². The fourth-order valence-electron chi connectivity index (χ4n) is 2.69. The van der Waals surface area contributed by atoms with Gasteiger partial charge in [-0.2, -0.15) is 13.2 Å². The molecule has 1 N–H and O–H groups in total. The van der Waals surface area contributed by atoms with Gasteiger partial charge in [-0.25, -0.2) is 4.98 Å². The van der Waals surface area contributed by atoms with Gasteiger partial charge in [0.15, 0.2) is 0 Å². The Balaban J connectivity index is 1.85. The van der Waals surface area contributed by atoms with Crippen molar-refractivity contribution in [2.24, 2.45) is 0 Å². The van der Waals surface area contributed by atoms with Crippen LogP contribution in [0.25, 0.3) is 10.2 Å². The number of rotatable bonds is 5. The summed E-state index contributed by atoms with van der Waals surface area (Å²) in [6.45, 7) is -0.294. The van der Waals surface area contributed by atoms with Gasteiger partial charge in [0.05, 0.1) is 34.8 Å². The average Bonchev–Trinajstić information content (AvgIpc) is 3.02. The second kappa shape index (κ2) is 7.08. The molecule has 0 bridgehead atoms. The van der Waals surface area contributed by atoms with Crippen LogP contribution < -0.4 is 5.56 Å². The Kier molecular flexibility index (Phi) is 4.98. The fourth-order valence-corrected chi connectivity index (χ4v) is 3.49. The molecular formula is C16H12F3N3O4S. The van der Waals surface area contributed by atoms with Crippen molar-refractivity contribution in [2.75, 3.05) is 0 Å². The van der Waals surface area contributed by atoms with Gasteiger partial charge in [-0.3, -0.25) is 19.5 Å². The number of nitrogens with zero attached hydrogens (tertiary/aromatic N) is 3. The Morgan fingerprint density at radius 3 is 2.70 bits per heavy atom. The van der Waals surface area contributed by atoms with Crippen LogP contribution in [0.1, 0.15) is 11.1 Å². The maximum atomic E-state index is 13.0. The van der Waals surface area contributed by atoms with E-state index in [0.717, 1.165) is 34.4 Å². The van der Waals surface area contributed by atoms with Crippen molar-refractivity contribution in [3.8, 4) is 0 Å². The molecule has 2 heterocycles. The number of benzene rings is 1. The Hall–Kier alpha value is -2.79. The van der Waals surface area contributed by atoms with E-state index in [4.69, 9.17) is 0 Å². The van der Waals surface area contributed by atoms with Gasteiger partial charge in [0, 0.05) is 12.5 Å². The van der Waals surface area contributed by atoms with E-state index >= 15 is 0 Å². The summed E-state index contributed by atoms with van der Waals surface area (Å²) in [5.41, 5.74) is -1.54. The highest BCUT2D eigenvalue weighted by molar-refractivity contribution is 7.21. The third-order valence-corrected chi connectivity index (χ3v) is 4.87. The van der Waals surface area contributed by atoms with Gasteiger partial charge in [0.25, 0.3) is 5.56 Å². The number of fused-ring (bicyclic) bond motifs is 1. The minimum atomic E-state index is -4.55. The molecule has 0 radical (unpaired) electrons. The molecule has 0 amide bonds. The van der Waals surface area contributed by atoms with Crippen molar-refractivity contribution < 1.29 is 23.2 Å². The van der Waals surface area contributed by atoms with Gasteiger partial charge in [0.1, 0.15) is 4.83 Å². The molecule has 142 valence electrons. The number of aromatic nitrogens is 2. The molecule has 0 saturated carbocycles. The number of aliphatic hydroxyl groups is 1. The number of alkyl halides is 3. The average molecular weight is 399 g/mol. The topological polar surface area (TPSA) is 98.3 Å². The second-order valence-corrected chi connectivity index (χ2v) is 6.78. The monoisotopic (exact) mass is 399 g/mol. The van der Waals surface area contributed by atoms with Crippen LogP contribution in [0.15, 0.2) is 41.5 Å². The second-order valence-electron chi connectivity index (χ2n) is 5.78. The van der Waals surface area contributed by atoms with E-state index in [1.807, 2.05) is 0 Å². The van der Waals surface area contributed by atoms with Crippen molar-refractivity contribution in [1.29, 1.82) is 0 Å². The molecule has 0 saturated heterocycles. The maximum absolute atomic E-state index is 13.0. The van der Waals surface area contributed by atoms with Gasteiger partial charge in [-0.1, -0.05) is 18.2 Å². The van der Waals surface area contributed by atoms with Crippen LogP contribution in [0.5, 0.6) is 0 Å². The van der Waals surface area contributed by atoms with Crippen LogP contribution >= 0.6 is 11.3 Å². The zero-order valence-electron chi connectivity index (χ0n) is 13.5. The lowest BCUT2D eigenvalue weighted by molar-refractivity contribution is -0.380. The number of nitro groups is 1. The standard InChI is InChI=1S/C16H12F3N3O4S/c17-16(18,19)12-4-2-1-3-9(12)5-10(23)7-21-8-20-14-11(15(21)24)6-13(27-14)22(25)26/h1-4,6,8,10,23H,5,7H2. The van der Waals surface area contributed by atoms with Crippen molar-refractivity contribution in [2.45, 2.75) is 25.2 Å². The molecule has 3 aromatic rings. The predicted octanol–water partition coefficient (Wildman–Crippen LogP) is 2.99. The van der Waals surface area contributed by atoms with Gasteiger partial charge in [-0.05, 0) is 23.0 Å². The molecule has 0 aliphatic heterocycles. The SMILES string of the molecule is O=c1c2cc([N+](=O)[O-])sc2ncn1CC(O)Cc1ccccc1C(F)(F)F. The molecule has 0 aliphatic rings. The Labute approximate surface area is 153 Å². The predicted molar refractivity (Wildman–Crippen MR) is 91.7 cm³/mol. The smallest absolute Gasteiger partial charge is 0.391 e. The molecular weight excluding hydrogens is 387 g/mol. The van der Waals surface area contributed by atoms with Gasteiger partial charge in [-0.15, -0.1) is 0 Å². The highest BCUT2D eigenvalue weighted by Gasteiger charge is 2.33. The first kappa shape index (κ1) is 19.0. The summed E-state index contributed by atoms with van der Waals surface area (Å²) < 4.78 is 40.1. The summed E-state index contributed by atoms with van der Waals surface area (Å²) in [4.78, 5) is 26.7. The van der Waals surface area contributed by atoms with E-state index in [9.17, 15) is 33.2 Å². The van der Waals surface area contributed by atoms with Gasteiger partial charge >= 0.3 is 11.2 Å². The van der Waals surface area contributed by atoms with Crippen molar-refractivity contribution >= 4 is 26.6 Å². The van der Waals surface area contributed by atoms with E-state index in [1.54, 1.807) is 0 Å². The van der Waals surface area contributed by atoms with E-state index in [0.29, 0.717) is 0 Å². The first-order valence-electron chi connectivity index (χ1n) is 7.63. The Bertz CT molecular complexity index is 1060. The Morgan fingerprint density at radius 2 is 2.04 bits per heavy atom. The molecule has 1 atom stereocenters. The minimum absolute atomic E-state index is 0.0251. The highest BCUT2D eigenvalue weighted by atomic mass is 32.1. The molecule has 1 unspecified atom stereocenters. The molecule has 0 spiro atoms. The molecule has 11 heteroatoms. The zero-order chi connectivity index (χ0) is 19.8. The normalized spacial score (nSPS) is 13.0. The van der Waals surface area contributed by atoms with Crippen LogP contribution in [0.3, 0.4) is 0 Å². The molecule has 0 aliphatic carbocycles. The fraction of sp³-hybridized carbons (Fsp3) is 0.250.